The van der Waals surface area contributed by atoms with Gasteiger partial charge in [-0.15, -0.1) is 0 Å². The summed E-state index contributed by atoms with van der Waals surface area (Å²) >= 11 is 0. The van der Waals surface area contributed by atoms with Gasteiger partial charge in [-0.25, -0.2) is 4.98 Å². The van der Waals surface area contributed by atoms with Crippen LogP contribution in [-0.4, -0.2) is 16.7 Å². The van der Waals surface area contributed by atoms with Crippen molar-refractivity contribution >= 4 is 5.69 Å². The van der Waals surface area contributed by atoms with E-state index in [0.29, 0.717) is 11.4 Å². The molecule has 17 heavy (non-hydrogen) atoms. The Bertz CT molecular complexity index is 583. The minimum absolute atomic E-state index is 0.518. The zero-order valence-corrected chi connectivity index (χ0v) is 9.53. The average molecular weight is 229 g/mol. The molecule has 6 nitrogen and oxygen atoms in total. The molecule has 0 saturated heterocycles. The molecule has 0 spiro atoms. The van der Waals surface area contributed by atoms with Crippen LogP contribution in [0.5, 0.6) is 5.75 Å². The predicted octanol–water partition coefficient (Wildman–Crippen LogP) is 3.13. The summed E-state index contributed by atoms with van der Waals surface area (Å²) in [6.45, 7) is 1.91. The Morgan fingerprint density at radius 1 is 1.47 bits per heavy atom. The Kier molecular flexibility index (Phi) is 2.98. The van der Waals surface area contributed by atoms with Gasteiger partial charge in [-0.05, 0) is 24.6 Å². The number of imidazole rings is 1. The zero-order chi connectivity index (χ0) is 12.3. The number of methoxy groups -OCH3 is 1. The fourth-order valence-electron chi connectivity index (χ4n) is 1.55. The van der Waals surface area contributed by atoms with Crippen LogP contribution in [0.4, 0.5) is 5.69 Å². The standard InChI is InChI=1S/C11H11N5O/c1-8-6-16(7-13-8)10-4-3-9(14-15-12)5-11(10)17-2/h3-7H,1-2H3. The number of aromatic nitrogens is 2. The third-order valence-electron chi connectivity index (χ3n) is 2.31. The molecule has 0 radical (unpaired) electrons. The minimum Gasteiger partial charge on any atom is -0.495 e. The van der Waals surface area contributed by atoms with E-state index in [4.69, 9.17) is 10.3 Å². The van der Waals surface area contributed by atoms with E-state index in [2.05, 4.69) is 15.0 Å². The molecule has 1 aromatic carbocycles. The van der Waals surface area contributed by atoms with E-state index in [1.54, 1.807) is 25.6 Å². The lowest BCUT2D eigenvalue weighted by atomic mass is 10.2. The summed E-state index contributed by atoms with van der Waals surface area (Å²) in [6.07, 6.45) is 3.60. The molecule has 0 aliphatic carbocycles. The van der Waals surface area contributed by atoms with Crippen molar-refractivity contribution < 1.29 is 4.74 Å². The smallest absolute Gasteiger partial charge is 0.143 e. The summed E-state index contributed by atoms with van der Waals surface area (Å²) in [4.78, 5) is 6.89. The number of hydrogen-bond donors (Lipinski definition) is 0. The van der Waals surface area contributed by atoms with Gasteiger partial charge in [0.25, 0.3) is 0 Å². The van der Waals surface area contributed by atoms with E-state index in [1.807, 2.05) is 23.8 Å². The van der Waals surface area contributed by atoms with Gasteiger partial charge in [0.1, 0.15) is 5.75 Å². The molecule has 0 atom stereocenters. The first-order chi connectivity index (χ1) is 8.24. The third-order valence-corrected chi connectivity index (χ3v) is 2.31. The highest BCUT2D eigenvalue weighted by Gasteiger charge is 2.06. The Hall–Kier alpha value is -2.46. The molecule has 86 valence electrons. The molecule has 0 N–H and O–H groups in total. The normalized spacial score (nSPS) is 9.76. The SMILES string of the molecule is COc1cc(N=[N+]=[N-])ccc1-n1cnc(C)c1. The molecule has 0 fully saturated rings. The Balaban J connectivity index is 2.51. The van der Waals surface area contributed by atoms with Crippen molar-refractivity contribution in [1.82, 2.24) is 9.55 Å². The van der Waals surface area contributed by atoms with Crippen LogP contribution in [0.3, 0.4) is 0 Å². The molecular weight excluding hydrogens is 218 g/mol. The van der Waals surface area contributed by atoms with Crippen molar-refractivity contribution in [3.63, 3.8) is 0 Å². The molecule has 6 heteroatoms. The van der Waals surface area contributed by atoms with Crippen LogP contribution in [0.15, 0.2) is 35.8 Å². The van der Waals surface area contributed by atoms with E-state index in [1.165, 1.54) is 0 Å². The molecular formula is C11H11N5O. The summed E-state index contributed by atoms with van der Waals surface area (Å²) in [5.41, 5.74) is 10.7. The van der Waals surface area contributed by atoms with Gasteiger partial charge in [-0.3, -0.25) is 0 Å². The van der Waals surface area contributed by atoms with Crippen LogP contribution >= 0.6 is 0 Å². The molecule has 0 bridgehead atoms. The van der Waals surface area contributed by atoms with Crippen molar-refractivity contribution in [2.24, 2.45) is 5.11 Å². The third kappa shape index (κ3) is 2.21. The number of hydrogen-bond acceptors (Lipinski definition) is 3. The first kappa shape index (κ1) is 11.0. The van der Waals surface area contributed by atoms with E-state index in [-0.39, 0.29) is 0 Å². The summed E-state index contributed by atoms with van der Waals surface area (Å²) in [5.74, 6) is 0.632. The molecule has 2 rings (SSSR count). The first-order valence-electron chi connectivity index (χ1n) is 4.98. The summed E-state index contributed by atoms with van der Waals surface area (Å²) in [7, 11) is 1.57. The van der Waals surface area contributed by atoms with Crippen molar-refractivity contribution in [3.8, 4) is 11.4 Å². The number of nitrogens with zero attached hydrogens (tertiary/aromatic N) is 5. The molecule has 0 aliphatic rings. The summed E-state index contributed by atoms with van der Waals surface area (Å²) in [5, 5.41) is 3.53. The van der Waals surface area contributed by atoms with Gasteiger partial charge in [-0.1, -0.05) is 11.2 Å². The van der Waals surface area contributed by atoms with Crippen LogP contribution in [-0.2, 0) is 0 Å². The molecule has 1 heterocycles. The van der Waals surface area contributed by atoms with Crippen molar-refractivity contribution in [2.75, 3.05) is 7.11 Å². The Labute approximate surface area is 98.1 Å². The van der Waals surface area contributed by atoms with Gasteiger partial charge in [0.15, 0.2) is 0 Å². The summed E-state index contributed by atoms with van der Waals surface area (Å²) in [6, 6.07) is 5.24. The molecule has 1 aromatic heterocycles. The van der Waals surface area contributed by atoms with E-state index >= 15 is 0 Å². The lowest BCUT2D eigenvalue weighted by Crippen LogP contribution is -1.94. The van der Waals surface area contributed by atoms with Crippen LogP contribution in [0, 0.1) is 6.92 Å². The monoisotopic (exact) mass is 229 g/mol. The first-order valence-corrected chi connectivity index (χ1v) is 4.98. The fourth-order valence-corrected chi connectivity index (χ4v) is 1.55. The van der Waals surface area contributed by atoms with Crippen molar-refractivity contribution in [1.29, 1.82) is 0 Å². The number of aryl methyl sites for hydroxylation is 1. The van der Waals surface area contributed by atoms with Gasteiger partial charge in [0.05, 0.1) is 24.8 Å². The second-order valence-electron chi connectivity index (χ2n) is 3.47. The van der Waals surface area contributed by atoms with E-state index in [0.717, 1.165) is 11.4 Å². The predicted molar refractivity (Wildman–Crippen MR) is 63.7 cm³/mol. The topological polar surface area (TPSA) is 75.8 Å². The van der Waals surface area contributed by atoms with Gasteiger partial charge in [-0.2, -0.15) is 0 Å². The molecule has 2 aromatic rings. The second kappa shape index (κ2) is 4.59. The molecule has 0 unspecified atom stereocenters. The van der Waals surface area contributed by atoms with Crippen LogP contribution in [0.1, 0.15) is 5.69 Å². The highest BCUT2D eigenvalue weighted by Crippen LogP contribution is 2.28. The van der Waals surface area contributed by atoms with Crippen LogP contribution < -0.4 is 4.74 Å². The quantitative estimate of drug-likeness (QED) is 0.460. The largest absolute Gasteiger partial charge is 0.495 e. The maximum Gasteiger partial charge on any atom is 0.143 e. The maximum absolute atomic E-state index is 8.38. The van der Waals surface area contributed by atoms with Gasteiger partial charge in [0.2, 0.25) is 0 Å². The number of azide groups is 1. The molecule has 0 aliphatic heterocycles. The van der Waals surface area contributed by atoms with Crippen molar-refractivity contribution in [2.45, 2.75) is 6.92 Å². The highest BCUT2D eigenvalue weighted by molar-refractivity contribution is 5.55. The van der Waals surface area contributed by atoms with E-state index in [9.17, 15) is 0 Å². The van der Waals surface area contributed by atoms with Crippen LogP contribution in [0.25, 0.3) is 16.1 Å². The average Bonchev–Trinajstić information content (AvgIpc) is 2.76. The molecule has 0 saturated carbocycles. The summed E-state index contributed by atoms with van der Waals surface area (Å²) < 4.78 is 7.12. The lowest BCUT2D eigenvalue weighted by molar-refractivity contribution is 0.413. The zero-order valence-electron chi connectivity index (χ0n) is 9.53. The van der Waals surface area contributed by atoms with Crippen molar-refractivity contribution in [3.05, 3.63) is 46.9 Å². The number of ether oxygens (including phenoxy) is 1. The van der Waals surface area contributed by atoms with E-state index < -0.39 is 0 Å². The minimum atomic E-state index is 0.518. The molecule has 0 amide bonds. The van der Waals surface area contributed by atoms with Gasteiger partial charge in [0, 0.05) is 16.8 Å². The Morgan fingerprint density at radius 3 is 2.88 bits per heavy atom. The highest BCUT2D eigenvalue weighted by atomic mass is 16.5. The van der Waals surface area contributed by atoms with Crippen LogP contribution in [0.2, 0.25) is 0 Å². The van der Waals surface area contributed by atoms with Gasteiger partial charge < -0.3 is 9.30 Å². The fraction of sp³-hybridized carbons (Fsp3) is 0.182. The Morgan fingerprint density at radius 2 is 2.29 bits per heavy atom. The second-order valence-corrected chi connectivity index (χ2v) is 3.47. The lowest BCUT2D eigenvalue weighted by Gasteiger charge is -2.09. The number of benzene rings is 1. The van der Waals surface area contributed by atoms with Gasteiger partial charge >= 0.3 is 0 Å². The number of rotatable bonds is 3. The maximum atomic E-state index is 8.38.